The summed E-state index contributed by atoms with van der Waals surface area (Å²) in [6.07, 6.45) is 4.71. The minimum atomic E-state index is -0.478. The zero-order valence-electron chi connectivity index (χ0n) is 13.4. The van der Waals surface area contributed by atoms with Crippen LogP contribution in [0.2, 0.25) is 5.02 Å². The molecule has 1 aliphatic heterocycles. The number of H-pyrrole nitrogens is 1. The average Bonchev–Trinajstić information content (AvgIpc) is 3.07. The molecule has 5 heteroatoms. The van der Waals surface area contributed by atoms with Gasteiger partial charge in [0, 0.05) is 30.2 Å². The Balaban J connectivity index is 1.59. The van der Waals surface area contributed by atoms with Gasteiger partial charge in [-0.1, -0.05) is 41.9 Å². The van der Waals surface area contributed by atoms with Crippen LogP contribution in [-0.2, 0) is 0 Å². The first kappa shape index (κ1) is 15.9. The zero-order valence-corrected chi connectivity index (χ0v) is 14.2. The predicted molar refractivity (Wildman–Crippen MR) is 98.2 cm³/mol. The fraction of sp³-hybridized carbons (Fsp3) is 0.150. The summed E-state index contributed by atoms with van der Waals surface area (Å²) in [5.74, 6) is -0.746. The summed E-state index contributed by atoms with van der Waals surface area (Å²) in [6.45, 7) is 1.03. The van der Waals surface area contributed by atoms with Crippen molar-refractivity contribution in [1.29, 1.82) is 0 Å². The first-order valence-corrected chi connectivity index (χ1v) is 8.52. The summed E-state index contributed by atoms with van der Waals surface area (Å²) >= 11 is 6.22. The number of nitrogens with one attached hydrogen (secondary N) is 1. The first-order chi connectivity index (χ1) is 12.1. The Hall–Kier alpha value is -2.59. The molecule has 2 heterocycles. The Kier molecular flexibility index (Phi) is 4.06. The maximum Gasteiger partial charge on any atom is 0.257 e. The van der Waals surface area contributed by atoms with E-state index in [1.807, 2.05) is 30.5 Å². The Bertz CT molecular complexity index is 992. The standard InChI is InChI=1S/C20H16ClFN2O/c21-17-6-3-5-14-16(12-23-19(14)17)13-8-10-24(11-9-13)20(25)15-4-1-2-7-18(15)22/h1-8,12,23H,9-11H2. The number of halogens is 2. The highest BCUT2D eigenvalue weighted by molar-refractivity contribution is 6.35. The number of nitrogens with zero attached hydrogens (tertiary/aromatic N) is 1. The molecule has 0 unspecified atom stereocenters. The number of rotatable bonds is 2. The van der Waals surface area contributed by atoms with E-state index in [0.29, 0.717) is 18.1 Å². The van der Waals surface area contributed by atoms with Gasteiger partial charge in [0.05, 0.1) is 16.1 Å². The van der Waals surface area contributed by atoms with Gasteiger partial charge in [0.15, 0.2) is 0 Å². The summed E-state index contributed by atoms with van der Waals surface area (Å²) in [7, 11) is 0. The van der Waals surface area contributed by atoms with Crippen LogP contribution in [0.4, 0.5) is 4.39 Å². The second-order valence-corrected chi connectivity index (χ2v) is 6.48. The molecule has 0 atom stereocenters. The van der Waals surface area contributed by atoms with E-state index < -0.39 is 5.82 Å². The number of para-hydroxylation sites is 1. The lowest BCUT2D eigenvalue weighted by Gasteiger charge is -2.26. The van der Waals surface area contributed by atoms with Crippen molar-refractivity contribution in [3.05, 3.63) is 76.7 Å². The van der Waals surface area contributed by atoms with Crippen molar-refractivity contribution >= 4 is 34.0 Å². The Morgan fingerprint density at radius 1 is 1.16 bits per heavy atom. The Morgan fingerprint density at radius 2 is 2.00 bits per heavy atom. The number of fused-ring (bicyclic) bond motifs is 1. The van der Waals surface area contributed by atoms with Crippen molar-refractivity contribution < 1.29 is 9.18 Å². The molecule has 0 spiro atoms. The second kappa shape index (κ2) is 6.37. The topological polar surface area (TPSA) is 36.1 Å². The van der Waals surface area contributed by atoms with Crippen molar-refractivity contribution in [2.75, 3.05) is 13.1 Å². The third-order valence-electron chi connectivity index (χ3n) is 4.61. The van der Waals surface area contributed by atoms with E-state index in [9.17, 15) is 9.18 Å². The summed E-state index contributed by atoms with van der Waals surface area (Å²) in [5, 5.41) is 1.77. The lowest BCUT2D eigenvalue weighted by Crippen LogP contribution is -2.35. The van der Waals surface area contributed by atoms with E-state index >= 15 is 0 Å². The van der Waals surface area contributed by atoms with Crippen LogP contribution in [0.5, 0.6) is 0 Å². The molecule has 2 aromatic carbocycles. The quantitative estimate of drug-likeness (QED) is 0.698. The minimum absolute atomic E-state index is 0.123. The van der Waals surface area contributed by atoms with Gasteiger partial charge in [0.25, 0.3) is 5.91 Å². The monoisotopic (exact) mass is 354 g/mol. The molecular formula is C20H16ClFN2O. The van der Waals surface area contributed by atoms with Gasteiger partial charge in [0.1, 0.15) is 5.82 Å². The van der Waals surface area contributed by atoms with Crippen LogP contribution in [-0.4, -0.2) is 28.9 Å². The molecular weight excluding hydrogens is 339 g/mol. The van der Waals surface area contributed by atoms with Crippen LogP contribution < -0.4 is 0 Å². The van der Waals surface area contributed by atoms with E-state index in [1.54, 1.807) is 17.0 Å². The van der Waals surface area contributed by atoms with Crippen molar-refractivity contribution in [2.24, 2.45) is 0 Å². The van der Waals surface area contributed by atoms with Gasteiger partial charge in [-0.2, -0.15) is 0 Å². The molecule has 0 bridgehead atoms. The van der Waals surface area contributed by atoms with Crippen molar-refractivity contribution in [3.8, 4) is 0 Å². The number of aromatic amines is 1. The number of hydrogen-bond acceptors (Lipinski definition) is 1. The fourth-order valence-electron chi connectivity index (χ4n) is 3.29. The van der Waals surface area contributed by atoms with E-state index in [4.69, 9.17) is 11.6 Å². The maximum atomic E-state index is 13.8. The maximum absolute atomic E-state index is 13.8. The molecule has 4 rings (SSSR count). The van der Waals surface area contributed by atoms with Crippen LogP contribution in [0.1, 0.15) is 22.3 Å². The third kappa shape index (κ3) is 2.83. The van der Waals surface area contributed by atoms with Gasteiger partial charge in [-0.05, 0) is 30.2 Å². The van der Waals surface area contributed by atoms with Gasteiger partial charge in [0.2, 0.25) is 0 Å². The molecule has 3 aromatic rings. The van der Waals surface area contributed by atoms with Gasteiger partial charge in [-0.15, -0.1) is 0 Å². The molecule has 1 aromatic heterocycles. The molecule has 0 aliphatic carbocycles. The smallest absolute Gasteiger partial charge is 0.257 e. The molecule has 0 saturated heterocycles. The zero-order chi connectivity index (χ0) is 17.4. The first-order valence-electron chi connectivity index (χ1n) is 8.14. The summed E-state index contributed by atoms with van der Waals surface area (Å²) in [4.78, 5) is 17.4. The van der Waals surface area contributed by atoms with Gasteiger partial charge in [-0.25, -0.2) is 4.39 Å². The van der Waals surface area contributed by atoms with Gasteiger partial charge >= 0.3 is 0 Å². The largest absolute Gasteiger partial charge is 0.359 e. The van der Waals surface area contributed by atoms with Crippen molar-refractivity contribution in [3.63, 3.8) is 0 Å². The van der Waals surface area contributed by atoms with Crippen LogP contribution in [0.15, 0.2) is 54.7 Å². The number of hydrogen-bond donors (Lipinski definition) is 1. The van der Waals surface area contributed by atoms with Crippen LogP contribution in [0.25, 0.3) is 16.5 Å². The highest BCUT2D eigenvalue weighted by Crippen LogP contribution is 2.32. The fourth-order valence-corrected chi connectivity index (χ4v) is 3.52. The summed E-state index contributed by atoms with van der Waals surface area (Å²) in [6, 6.07) is 11.9. The molecule has 1 amide bonds. The molecule has 3 nitrogen and oxygen atoms in total. The molecule has 25 heavy (non-hydrogen) atoms. The average molecular weight is 355 g/mol. The van der Waals surface area contributed by atoms with E-state index in [1.165, 1.54) is 17.7 Å². The predicted octanol–water partition coefficient (Wildman–Crippen LogP) is 4.89. The van der Waals surface area contributed by atoms with Crippen LogP contribution in [0, 0.1) is 5.82 Å². The highest BCUT2D eigenvalue weighted by Gasteiger charge is 2.22. The molecule has 1 aliphatic rings. The van der Waals surface area contributed by atoms with Crippen LogP contribution >= 0.6 is 11.6 Å². The summed E-state index contributed by atoms with van der Waals surface area (Å²) in [5.41, 5.74) is 3.32. The molecule has 1 N–H and O–H groups in total. The second-order valence-electron chi connectivity index (χ2n) is 6.08. The molecule has 0 fully saturated rings. The number of aromatic nitrogens is 1. The normalized spacial score (nSPS) is 14.6. The number of benzene rings is 2. The van der Waals surface area contributed by atoms with Crippen molar-refractivity contribution in [2.45, 2.75) is 6.42 Å². The van der Waals surface area contributed by atoms with Crippen molar-refractivity contribution in [1.82, 2.24) is 9.88 Å². The summed E-state index contributed by atoms with van der Waals surface area (Å²) < 4.78 is 13.8. The third-order valence-corrected chi connectivity index (χ3v) is 4.93. The highest BCUT2D eigenvalue weighted by atomic mass is 35.5. The Labute approximate surface area is 149 Å². The Morgan fingerprint density at radius 3 is 2.76 bits per heavy atom. The molecule has 0 radical (unpaired) electrons. The molecule has 0 saturated carbocycles. The van der Waals surface area contributed by atoms with E-state index in [-0.39, 0.29) is 11.5 Å². The van der Waals surface area contributed by atoms with Gasteiger partial charge in [-0.3, -0.25) is 4.79 Å². The lowest BCUT2D eigenvalue weighted by atomic mass is 9.98. The van der Waals surface area contributed by atoms with Gasteiger partial charge < -0.3 is 9.88 Å². The van der Waals surface area contributed by atoms with E-state index in [0.717, 1.165) is 22.9 Å². The minimum Gasteiger partial charge on any atom is -0.359 e. The SMILES string of the molecule is O=C(c1ccccc1F)N1CC=C(c2c[nH]c3c(Cl)cccc23)CC1. The van der Waals surface area contributed by atoms with Crippen LogP contribution in [0.3, 0.4) is 0 Å². The molecule has 126 valence electrons. The number of carbonyl (C=O) groups excluding carboxylic acids is 1. The number of amides is 1. The van der Waals surface area contributed by atoms with E-state index in [2.05, 4.69) is 4.98 Å². The number of carbonyl (C=O) groups is 1. The lowest BCUT2D eigenvalue weighted by molar-refractivity contribution is 0.0768.